The zero-order chi connectivity index (χ0) is 13.2. The Balaban J connectivity index is 1.70. The Bertz CT molecular complexity index is 445. The van der Waals surface area contributed by atoms with Crippen LogP contribution in [0.4, 0.5) is 0 Å². The average Bonchev–Trinajstić information content (AvgIpc) is 3.18. The van der Waals surface area contributed by atoms with E-state index < -0.39 is 0 Å². The van der Waals surface area contributed by atoms with Crippen molar-refractivity contribution in [2.45, 2.75) is 51.1 Å². The third-order valence-corrected chi connectivity index (χ3v) is 4.13. The summed E-state index contributed by atoms with van der Waals surface area (Å²) in [7, 11) is 0. The molecule has 1 atom stereocenters. The van der Waals surface area contributed by atoms with Crippen molar-refractivity contribution in [2.24, 2.45) is 0 Å². The van der Waals surface area contributed by atoms with Crippen LogP contribution < -0.4 is 5.32 Å². The van der Waals surface area contributed by atoms with Crippen molar-refractivity contribution in [3.05, 3.63) is 23.7 Å². The lowest BCUT2D eigenvalue weighted by molar-refractivity contribution is 0.0684. The van der Waals surface area contributed by atoms with Crippen LogP contribution in [0.1, 0.15) is 48.2 Å². The second kappa shape index (κ2) is 5.37. The summed E-state index contributed by atoms with van der Waals surface area (Å²) in [5.41, 5.74) is 0.937. The molecule has 1 aromatic rings. The van der Waals surface area contributed by atoms with Crippen LogP contribution in [0.15, 0.2) is 16.7 Å². The monoisotopic (exact) mass is 262 g/mol. The number of nitrogens with zero attached hydrogens (tertiary/aromatic N) is 1. The molecule has 19 heavy (non-hydrogen) atoms. The van der Waals surface area contributed by atoms with Gasteiger partial charge in [-0.15, -0.1) is 0 Å². The molecule has 104 valence electrons. The predicted octanol–water partition coefficient (Wildman–Crippen LogP) is 2.33. The summed E-state index contributed by atoms with van der Waals surface area (Å²) in [5.74, 6) is 0.583. The van der Waals surface area contributed by atoms with Crippen molar-refractivity contribution in [3.8, 4) is 0 Å². The topological polar surface area (TPSA) is 45.5 Å². The molecule has 2 fully saturated rings. The largest absolute Gasteiger partial charge is 0.459 e. The van der Waals surface area contributed by atoms with Gasteiger partial charge in [0, 0.05) is 24.2 Å². The third-order valence-electron chi connectivity index (χ3n) is 4.13. The molecule has 1 aliphatic heterocycles. The number of aryl methyl sites for hydroxylation is 1. The van der Waals surface area contributed by atoms with Crippen LogP contribution in [0.25, 0.3) is 0 Å². The molecule has 2 aliphatic rings. The van der Waals surface area contributed by atoms with Gasteiger partial charge in [0.1, 0.15) is 0 Å². The SMILES string of the molecule is Cc1ccoc1C(=O)N(CC1CCCCN1)C1CC1. The number of hydrogen-bond donors (Lipinski definition) is 1. The van der Waals surface area contributed by atoms with E-state index in [1.807, 2.05) is 17.9 Å². The van der Waals surface area contributed by atoms with Gasteiger partial charge in [0.05, 0.1) is 6.26 Å². The molecule has 3 rings (SSSR count). The molecule has 1 N–H and O–H groups in total. The number of amides is 1. The van der Waals surface area contributed by atoms with Gasteiger partial charge >= 0.3 is 0 Å². The molecule has 1 unspecified atom stereocenters. The van der Waals surface area contributed by atoms with E-state index in [4.69, 9.17) is 4.42 Å². The Labute approximate surface area is 114 Å². The normalized spacial score (nSPS) is 23.3. The van der Waals surface area contributed by atoms with Crippen molar-refractivity contribution in [1.29, 1.82) is 0 Å². The minimum absolute atomic E-state index is 0.0670. The van der Waals surface area contributed by atoms with Crippen LogP contribution in [0.5, 0.6) is 0 Å². The van der Waals surface area contributed by atoms with Gasteiger partial charge in [0.15, 0.2) is 5.76 Å². The number of furan rings is 1. The first-order valence-electron chi connectivity index (χ1n) is 7.34. The Morgan fingerprint density at radius 1 is 1.42 bits per heavy atom. The number of carbonyl (C=O) groups excluding carboxylic acids is 1. The van der Waals surface area contributed by atoms with E-state index in [0.29, 0.717) is 17.8 Å². The van der Waals surface area contributed by atoms with Gasteiger partial charge < -0.3 is 14.6 Å². The van der Waals surface area contributed by atoms with Crippen LogP contribution in [-0.2, 0) is 0 Å². The van der Waals surface area contributed by atoms with Gasteiger partial charge in [-0.05, 0) is 45.2 Å². The fourth-order valence-corrected chi connectivity index (χ4v) is 2.82. The highest BCUT2D eigenvalue weighted by Crippen LogP contribution is 2.29. The van der Waals surface area contributed by atoms with Crippen molar-refractivity contribution in [1.82, 2.24) is 10.2 Å². The van der Waals surface area contributed by atoms with Crippen LogP contribution in [0, 0.1) is 6.92 Å². The molecule has 4 nitrogen and oxygen atoms in total. The zero-order valence-electron chi connectivity index (χ0n) is 11.5. The van der Waals surface area contributed by atoms with E-state index in [-0.39, 0.29) is 5.91 Å². The molecule has 0 radical (unpaired) electrons. The molecular weight excluding hydrogens is 240 g/mol. The molecule has 0 spiro atoms. The Kier molecular flexibility index (Phi) is 3.60. The van der Waals surface area contributed by atoms with Gasteiger partial charge in [-0.3, -0.25) is 4.79 Å². The van der Waals surface area contributed by atoms with Gasteiger partial charge in [0.2, 0.25) is 0 Å². The summed E-state index contributed by atoms with van der Waals surface area (Å²) in [4.78, 5) is 14.6. The maximum Gasteiger partial charge on any atom is 0.290 e. The van der Waals surface area contributed by atoms with Gasteiger partial charge in [-0.1, -0.05) is 6.42 Å². The second-order valence-electron chi connectivity index (χ2n) is 5.77. The van der Waals surface area contributed by atoms with E-state index in [9.17, 15) is 4.79 Å². The fourth-order valence-electron chi connectivity index (χ4n) is 2.82. The number of nitrogens with one attached hydrogen (secondary N) is 1. The average molecular weight is 262 g/mol. The smallest absolute Gasteiger partial charge is 0.290 e. The summed E-state index contributed by atoms with van der Waals surface area (Å²) in [6.07, 6.45) is 7.58. The molecule has 1 saturated heterocycles. The summed E-state index contributed by atoms with van der Waals surface area (Å²) in [5, 5.41) is 3.52. The zero-order valence-corrected chi connectivity index (χ0v) is 11.5. The first-order valence-corrected chi connectivity index (χ1v) is 7.34. The highest BCUT2D eigenvalue weighted by atomic mass is 16.3. The van der Waals surface area contributed by atoms with Crippen LogP contribution >= 0.6 is 0 Å². The summed E-state index contributed by atoms with van der Waals surface area (Å²) in [6.45, 7) is 3.83. The van der Waals surface area contributed by atoms with Crippen molar-refractivity contribution < 1.29 is 9.21 Å². The predicted molar refractivity (Wildman–Crippen MR) is 73.1 cm³/mol. The molecule has 1 amide bonds. The molecule has 4 heteroatoms. The van der Waals surface area contributed by atoms with E-state index >= 15 is 0 Å². The van der Waals surface area contributed by atoms with Gasteiger partial charge in [0.25, 0.3) is 5.91 Å². The molecular formula is C15H22N2O2. The van der Waals surface area contributed by atoms with Crippen molar-refractivity contribution in [3.63, 3.8) is 0 Å². The minimum Gasteiger partial charge on any atom is -0.459 e. The quantitative estimate of drug-likeness (QED) is 0.906. The van der Waals surface area contributed by atoms with Gasteiger partial charge in [-0.25, -0.2) is 0 Å². The second-order valence-corrected chi connectivity index (χ2v) is 5.77. The molecule has 0 aromatic carbocycles. The lowest BCUT2D eigenvalue weighted by atomic mass is 10.0. The van der Waals surface area contributed by atoms with Crippen molar-refractivity contribution >= 4 is 5.91 Å². The molecule has 1 aromatic heterocycles. The van der Waals surface area contributed by atoms with Crippen molar-refractivity contribution in [2.75, 3.05) is 13.1 Å². The molecule has 2 heterocycles. The summed E-state index contributed by atoms with van der Waals surface area (Å²) >= 11 is 0. The number of piperidine rings is 1. The van der Waals surface area contributed by atoms with E-state index in [1.165, 1.54) is 19.3 Å². The highest BCUT2D eigenvalue weighted by Gasteiger charge is 2.36. The first kappa shape index (κ1) is 12.7. The number of rotatable bonds is 4. The third kappa shape index (κ3) is 2.84. The maximum atomic E-state index is 12.6. The van der Waals surface area contributed by atoms with Crippen LogP contribution in [0.2, 0.25) is 0 Å². The maximum absolute atomic E-state index is 12.6. The fraction of sp³-hybridized carbons (Fsp3) is 0.667. The molecule has 0 bridgehead atoms. The van der Waals surface area contributed by atoms with E-state index in [2.05, 4.69) is 5.32 Å². The number of carbonyl (C=O) groups is 1. The Hall–Kier alpha value is -1.29. The lowest BCUT2D eigenvalue weighted by Crippen LogP contribution is -2.46. The van der Waals surface area contributed by atoms with E-state index in [1.54, 1.807) is 6.26 Å². The van der Waals surface area contributed by atoms with E-state index in [0.717, 1.165) is 31.5 Å². The molecule has 1 aliphatic carbocycles. The Morgan fingerprint density at radius 2 is 2.26 bits per heavy atom. The molecule has 1 saturated carbocycles. The lowest BCUT2D eigenvalue weighted by Gasteiger charge is -2.30. The van der Waals surface area contributed by atoms with Gasteiger partial charge in [-0.2, -0.15) is 0 Å². The Morgan fingerprint density at radius 3 is 2.84 bits per heavy atom. The minimum atomic E-state index is 0.0670. The van der Waals surface area contributed by atoms with Crippen LogP contribution in [-0.4, -0.2) is 36.0 Å². The standard InChI is InChI=1S/C15H22N2O2/c1-11-7-9-19-14(11)15(18)17(13-5-6-13)10-12-4-2-3-8-16-12/h7,9,12-13,16H,2-6,8,10H2,1H3. The summed E-state index contributed by atoms with van der Waals surface area (Å²) in [6, 6.07) is 2.74. The number of hydrogen-bond acceptors (Lipinski definition) is 3. The van der Waals surface area contributed by atoms with Crippen LogP contribution in [0.3, 0.4) is 0 Å². The first-order chi connectivity index (χ1) is 9.25. The summed E-state index contributed by atoms with van der Waals surface area (Å²) < 4.78 is 5.36. The highest BCUT2D eigenvalue weighted by molar-refractivity contribution is 5.93.